The zero-order valence-corrected chi connectivity index (χ0v) is 8.55. The van der Waals surface area contributed by atoms with Crippen molar-refractivity contribution >= 4 is 5.69 Å². The van der Waals surface area contributed by atoms with Crippen LogP contribution in [-0.2, 0) is 10.3 Å². The van der Waals surface area contributed by atoms with E-state index in [1.807, 2.05) is 0 Å². The number of aromatic hydroxyl groups is 1. The highest BCUT2D eigenvalue weighted by Crippen LogP contribution is 2.49. The fraction of sp³-hybridized carbons (Fsp3) is 0.400. The van der Waals surface area contributed by atoms with E-state index >= 15 is 0 Å². The van der Waals surface area contributed by atoms with Gasteiger partial charge in [-0.1, -0.05) is 6.07 Å². The van der Waals surface area contributed by atoms with Gasteiger partial charge in [0, 0.05) is 11.5 Å². The molecule has 0 aromatic heterocycles. The Morgan fingerprint density at radius 3 is 2.69 bits per heavy atom. The van der Waals surface area contributed by atoms with Gasteiger partial charge >= 0.3 is 5.69 Å². The third-order valence-electron chi connectivity index (χ3n) is 3.00. The molecule has 0 spiro atoms. The van der Waals surface area contributed by atoms with Crippen LogP contribution in [0.2, 0.25) is 0 Å². The number of phenolic OH excluding ortho intramolecular Hbond substituents is 1. The van der Waals surface area contributed by atoms with Gasteiger partial charge in [0.2, 0.25) is 0 Å². The summed E-state index contributed by atoms with van der Waals surface area (Å²) < 4.78 is 0. The molecule has 86 valence electrons. The molecule has 0 radical (unpaired) electrons. The van der Waals surface area contributed by atoms with E-state index in [9.17, 15) is 15.2 Å². The van der Waals surface area contributed by atoms with Crippen LogP contribution in [0.3, 0.4) is 0 Å². The fourth-order valence-corrected chi connectivity index (χ4v) is 1.83. The van der Waals surface area contributed by atoms with Gasteiger partial charge in [-0.25, -0.2) is 5.90 Å². The summed E-state index contributed by atoms with van der Waals surface area (Å²) in [6, 6.07) is 4.37. The van der Waals surface area contributed by atoms with Crippen LogP contribution in [0, 0.1) is 10.1 Å². The number of nitro groups is 1. The molecule has 0 heterocycles. The zero-order valence-electron chi connectivity index (χ0n) is 8.55. The van der Waals surface area contributed by atoms with E-state index in [-0.39, 0.29) is 16.9 Å². The predicted molar refractivity (Wildman–Crippen MR) is 55.8 cm³/mol. The number of nitro benzene ring substituents is 1. The molecule has 1 aromatic carbocycles. The number of benzene rings is 1. The molecule has 6 heteroatoms. The molecule has 1 aliphatic rings. The molecule has 3 N–H and O–H groups in total. The van der Waals surface area contributed by atoms with Crippen molar-refractivity contribution in [1.82, 2.24) is 0 Å². The Labute approximate surface area is 91.7 Å². The van der Waals surface area contributed by atoms with Crippen LogP contribution in [0.15, 0.2) is 18.2 Å². The van der Waals surface area contributed by atoms with Crippen LogP contribution < -0.4 is 5.90 Å². The van der Waals surface area contributed by atoms with Crippen molar-refractivity contribution in [2.24, 2.45) is 5.90 Å². The van der Waals surface area contributed by atoms with Gasteiger partial charge in [0.05, 0.1) is 11.5 Å². The molecule has 1 aliphatic carbocycles. The van der Waals surface area contributed by atoms with Crippen molar-refractivity contribution in [2.45, 2.75) is 18.3 Å². The molecular weight excluding hydrogens is 212 g/mol. The third-order valence-corrected chi connectivity index (χ3v) is 3.00. The highest BCUT2D eigenvalue weighted by Gasteiger charge is 2.45. The van der Waals surface area contributed by atoms with E-state index in [1.54, 1.807) is 6.07 Å². The van der Waals surface area contributed by atoms with Gasteiger partial charge in [-0.2, -0.15) is 0 Å². The number of nitrogens with zero attached hydrogens (tertiary/aromatic N) is 1. The molecule has 0 amide bonds. The Bertz CT molecular complexity index is 429. The second-order valence-corrected chi connectivity index (χ2v) is 4.05. The predicted octanol–water partition coefficient (Wildman–Crippen LogP) is 1.22. The Hall–Kier alpha value is -1.66. The Balaban J connectivity index is 2.31. The Morgan fingerprint density at radius 1 is 1.56 bits per heavy atom. The maximum absolute atomic E-state index is 10.5. The molecule has 0 bridgehead atoms. The number of hydrogen-bond acceptors (Lipinski definition) is 5. The first-order valence-electron chi connectivity index (χ1n) is 4.89. The number of hydrogen-bond donors (Lipinski definition) is 2. The molecule has 0 aliphatic heterocycles. The van der Waals surface area contributed by atoms with Crippen molar-refractivity contribution in [1.29, 1.82) is 0 Å². The number of nitrogens with two attached hydrogens (primary N) is 1. The monoisotopic (exact) mass is 224 g/mol. The normalized spacial score (nSPS) is 17.1. The minimum Gasteiger partial charge on any atom is -0.502 e. The third kappa shape index (κ3) is 1.72. The molecular formula is C10H12N2O4. The second-order valence-electron chi connectivity index (χ2n) is 4.05. The quantitative estimate of drug-likeness (QED) is 0.591. The van der Waals surface area contributed by atoms with Crippen LogP contribution >= 0.6 is 0 Å². The van der Waals surface area contributed by atoms with Crippen LogP contribution in [0.4, 0.5) is 5.69 Å². The molecule has 6 nitrogen and oxygen atoms in total. The average molecular weight is 224 g/mol. The highest BCUT2D eigenvalue weighted by atomic mass is 16.6. The molecule has 0 saturated heterocycles. The molecule has 1 aromatic rings. The summed E-state index contributed by atoms with van der Waals surface area (Å²) in [7, 11) is 0. The molecule has 0 atom stereocenters. The lowest BCUT2D eigenvalue weighted by Crippen LogP contribution is -2.18. The van der Waals surface area contributed by atoms with Gasteiger partial charge in [0.1, 0.15) is 0 Å². The first kappa shape index (κ1) is 10.8. The van der Waals surface area contributed by atoms with Gasteiger partial charge in [-0.05, 0) is 24.5 Å². The van der Waals surface area contributed by atoms with Gasteiger partial charge < -0.3 is 9.94 Å². The van der Waals surface area contributed by atoms with E-state index < -0.39 is 4.92 Å². The van der Waals surface area contributed by atoms with E-state index in [4.69, 9.17) is 5.90 Å². The smallest absolute Gasteiger partial charge is 0.310 e. The van der Waals surface area contributed by atoms with Gasteiger partial charge in [0.15, 0.2) is 5.75 Å². The van der Waals surface area contributed by atoms with Crippen molar-refractivity contribution in [3.05, 3.63) is 33.9 Å². The molecule has 1 saturated carbocycles. The van der Waals surface area contributed by atoms with Gasteiger partial charge in [-0.3, -0.25) is 10.1 Å². The minimum atomic E-state index is -0.613. The standard InChI is InChI=1S/C10H12N2O4/c11-16-6-10(3-4-10)7-1-2-8(12(14)15)9(13)5-7/h1-2,5,13H,3-4,6,11H2. The summed E-state index contributed by atoms with van der Waals surface area (Å²) in [5.41, 5.74) is 0.385. The van der Waals surface area contributed by atoms with Crippen LogP contribution in [0.5, 0.6) is 5.75 Å². The van der Waals surface area contributed by atoms with Gasteiger partial charge in [0.25, 0.3) is 0 Å². The Morgan fingerprint density at radius 2 is 2.25 bits per heavy atom. The molecule has 2 rings (SSSR count). The summed E-state index contributed by atoms with van der Waals surface area (Å²) in [5, 5.41) is 20.0. The zero-order chi connectivity index (χ0) is 11.8. The van der Waals surface area contributed by atoms with Crippen molar-refractivity contribution in [2.75, 3.05) is 6.61 Å². The molecule has 16 heavy (non-hydrogen) atoms. The van der Waals surface area contributed by atoms with Crippen molar-refractivity contribution in [3.63, 3.8) is 0 Å². The highest BCUT2D eigenvalue weighted by molar-refractivity contribution is 5.50. The van der Waals surface area contributed by atoms with E-state index in [0.717, 1.165) is 18.4 Å². The van der Waals surface area contributed by atoms with Crippen molar-refractivity contribution < 1.29 is 14.9 Å². The SMILES string of the molecule is NOCC1(c2ccc([N+](=O)[O-])c(O)c2)CC1. The maximum atomic E-state index is 10.5. The Kier molecular flexibility index (Phi) is 2.53. The minimum absolute atomic E-state index is 0.165. The van der Waals surface area contributed by atoms with Crippen LogP contribution in [-0.4, -0.2) is 16.6 Å². The first-order chi connectivity index (χ1) is 7.59. The second kappa shape index (κ2) is 3.73. The van der Waals surface area contributed by atoms with E-state index in [1.165, 1.54) is 12.1 Å². The maximum Gasteiger partial charge on any atom is 0.310 e. The van der Waals surface area contributed by atoms with Crippen LogP contribution in [0.1, 0.15) is 18.4 Å². The lowest BCUT2D eigenvalue weighted by atomic mass is 9.96. The fourth-order valence-electron chi connectivity index (χ4n) is 1.83. The topological polar surface area (TPSA) is 98.6 Å². The lowest BCUT2D eigenvalue weighted by molar-refractivity contribution is -0.385. The number of phenols is 1. The summed E-state index contributed by atoms with van der Waals surface area (Å²) in [6.07, 6.45) is 1.84. The number of rotatable bonds is 4. The van der Waals surface area contributed by atoms with Crippen LogP contribution in [0.25, 0.3) is 0 Å². The summed E-state index contributed by atoms with van der Waals surface area (Å²) in [6.45, 7) is 0.365. The summed E-state index contributed by atoms with van der Waals surface area (Å²) >= 11 is 0. The van der Waals surface area contributed by atoms with E-state index in [2.05, 4.69) is 4.84 Å². The van der Waals surface area contributed by atoms with Crippen molar-refractivity contribution in [3.8, 4) is 5.75 Å². The summed E-state index contributed by atoms with van der Waals surface area (Å²) in [4.78, 5) is 14.5. The van der Waals surface area contributed by atoms with Gasteiger partial charge in [-0.15, -0.1) is 0 Å². The molecule has 0 unspecified atom stereocenters. The first-order valence-corrected chi connectivity index (χ1v) is 4.89. The largest absolute Gasteiger partial charge is 0.502 e. The summed E-state index contributed by atoms with van der Waals surface area (Å²) in [5.74, 6) is 4.72. The lowest BCUT2D eigenvalue weighted by Gasteiger charge is -2.13. The average Bonchev–Trinajstić information content (AvgIpc) is 2.99. The molecule has 1 fully saturated rings. The van der Waals surface area contributed by atoms with E-state index in [0.29, 0.717) is 6.61 Å².